The van der Waals surface area contributed by atoms with Gasteiger partial charge in [0, 0.05) is 51.5 Å². The van der Waals surface area contributed by atoms with E-state index >= 15 is 0 Å². The van der Waals surface area contributed by atoms with E-state index < -0.39 is 0 Å². The highest BCUT2D eigenvalue weighted by molar-refractivity contribution is 5.78. The summed E-state index contributed by atoms with van der Waals surface area (Å²) in [6.07, 6.45) is 5.62. The number of aliphatic hydroxyl groups excluding tert-OH is 1. The van der Waals surface area contributed by atoms with Crippen molar-refractivity contribution >= 4 is 11.8 Å². The number of nitrogens with zero attached hydrogens (tertiary/aromatic N) is 2. The summed E-state index contributed by atoms with van der Waals surface area (Å²) >= 11 is 0. The Morgan fingerprint density at radius 1 is 1.38 bits per heavy atom. The Morgan fingerprint density at radius 3 is 3.00 bits per heavy atom. The second-order valence-corrected chi connectivity index (χ2v) is 6.74. The first-order valence-corrected chi connectivity index (χ1v) is 8.89. The summed E-state index contributed by atoms with van der Waals surface area (Å²) in [5.74, 6) is 1.57. The van der Waals surface area contributed by atoms with Crippen LogP contribution in [-0.4, -0.2) is 59.0 Å². The normalized spacial score (nSPS) is 24.1. The molecule has 0 unspecified atom stereocenters. The van der Waals surface area contributed by atoms with Crippen LogP contribution in [0.2, 0.25) is 0 Å². The number of piperidine rings is 2. The molecule has 1 N–H and O–H groups in total. The van der Waals surface area contributed by atoms with Crippen LogP contribution in [0.4, 0.5) is 0 Å². The lowest BCUT2D eigenvalue weighted by atomic mass is 9.83. The molecule has 2 amide bonds. The molecule has 2 fully saturated rings. The Balaban J connectivity index is 1.54. The molecular weight excluding hydrogens is 308 g/mol. The number of rotatable bonds is 6. The number of likely N-dealkylation sites (tertiary alicyclic amines) is 2. The summed E-state index contributed by atoms with van der Waals surface area (Å²) in [7, 11) is 0. The van der Waals surface area contributed by atoms with E-state index in [0.717, 1.165) is 25.1 Å². The average molecular weight is 334 g/mol. The van der Waals surface area contributed by atoms with E-state index in [0.29, 0.717) is 44.7 Å². The zero-order chi connectivity index (χ0) is 16.9. The Hall–Kier alpha value is -1.82. The van der Waals surface area contributed by atoms with Crippen LogP contribution in [0.1, 0.15) is 37.9 Å². The molecule has 3 rings (SSSR count). The fraction of sp³-hybridized carbons (Fsp3) is 0.667. The van der Waals surface area contributed by atoms with Gasteiger partial charge in [-0.05, 0) is 37.3 Å². The number of furan rings is 1. The van der Waals surface area contributed by atoms with Gasteiger partial charge in [-0.25, -0.2) is 0 Å². The molecule has 0 radical (unpaired) electrons. The molecule has 1 aromatic rings. The topological polar surface area (TPSA) is 74.0 Å². The minimum atomic E-state index is 0.110. The van der Waals surface area contributed by atoms with E-state index in [2.05, 4.69) is 0 Å². The number of aliphatic hydroxyl groups is 1. The molecule has 132 valence electrons. The van der Waals surface area contributed by atoms with E-state index in [1.807, 2.05) is 21.9 Å². The third kappa shape index (κ3) is 3.80. The van der Waals surface area contributed by atoms with E-state index in [1.165, 1.54) is 0 Å². The molecule has 6 nitrogen and oxygen atoms in total. The van der Waals surface area contributed by atoms with Gasteiger partial charge in [0.25, 0.3) is 0 Å². The number of carbonyl (C=O) groups is 2. The summed E-state index contributed by atoms with van der Waals surface area (Å²) in [4.78, 5) is 28.5. The van der Waals surface area contributed by atoms with Gasteiger partial charge in [0.1, 0.15) is 5.76 Å². The SMILES string of the molecule is O=C(CCc1ccco1)N1CC[C@@H]2[C@@H](CCC(=O)N2CCCO)C1. The van der Waals surface area contributed by atoms with Crippen LogP contribution in [-0.2, 0) is 16.0 Å². The second-order valence-electron chi connectivity index (χ2n) is 6.74. The van der Waals surface area contributed by atoms with Crippen molar-refractivity contribution in [3.63, 3.8) is 0 Å². The third-order valence-corrected chi connectivity index (χ3v) is 5.22. The van der Waals surface area contributed by atoms with Gasteiger partial charge in [-0.3, -0.25) is 9.59 Å². The number of amides is 2. The van der Waals surface area contributed by atoms with Crippen molar-refractivity contribution in [1.29, 1.82) is 0 Å². The average Bonchev–Trinajstić information content (AvgIpc) is 3.12. The Morgan fingerprint density at radius 2 is 2.25 bits per heavy atom. The molecule has 2 atom stereocenters. The Kier molecular flexibility index (Phi) is 5.56. The standard InChI is InChI=1S/C18H26N2O4/c21-11-2-9-20-16-8-10-19(13-14(16)4-6-18(20)23)17(22)7-5-15-3-1-12-24-15/h1,3,12,14,16,21H,2,4-11,13H2/t14-,16+/m0/s1. The van der Waals surface area contributed by atoms with Gasteiger partial charge in [0.2, 0.25) is 11.8 Å². The van der Waals surface area contributed by atoms with Crippen molar-refractivity contribution in [2.45, 2.75) is 44.6 Å². The lowest BCUT2D eigenvalue weighted by molar-refractivity contribution is -0.144. The van der Waals surface area contributed by atoms with Crippen LogP contribution >= 0.6 is 0 Å². The Labute approximate surface area is 142 Å². The van der Waals surface area contributed by atoms with Crippen molar-refractivity contribution in [1.82, 2.24) is 9.80 Å². The minimum absolute atomic E-state index is 0.110. The first-order chi connectivity index (χ1) is 11.7. The van der Waals surface area contributed by atoms with Crippen LogP contribution < -0.4 is 0 Å². The van der Waals surface area contributed by atoms with Crippen molar-refractivity contribution in [3.05, 3.63) is 24.2 Å². The smallest absolute Gasteiger partial charge is 0.223 e. The van der Waals surface area contributed by atoms with Crippen LogP contribution in [0.3, 0.4) is 0 Å². The maximum atomic E-state index is 12.5. The quantitative estimate of drug-likeness (QED) is 0.854. The highest BCUT2D eigenvalue weighted by Crippen LogP contribution is 2.31. The molecule has 3 heterocycles. The van der Waals surface area contributed by atoms with Gasteiger partial charge in [0.15, 0.2) is 0 Å². The van der Waals surface area contributed by atoms with Crippen molar-refractivity contribution in [2.75, 3.05) is 26.2 Å². The first kappa shape index (κ1) is 17.0. The van der Waals surface area contributed by atoms with Gasteiger partial charge in [0.05, 0.1) is 6.26 Å². The molecule has 24 heavy (non-hydrogen) atoms. The van der Waals surface area contributed by atoms with Crippen molar-refractivity contribution < 1.29 is 19.1 Å². The fourth-order valence-electron chi connectivity index (χ4n) is 3.95. The van der Waals surface area contributed by atoms with E-state index in [4.69, 9.17) is 9.52 Å². The lowest BCUT2D eigenvalue weighted by Crippen LogP contribution is -2.57. The van der Waals surface area contributed by atoms with Gasteiger partial charge in [-0.1, -0.05) is 0 Å². The summed E-state index contributed by atoms with van der Waals surface area (Å²) in [6, 6.07) is 3.96. The predicted molar refractivity (Wildman–Crippen MR) is 88.2 cm³/mol. The zero-order valence-electron chi connectivity index (χ0n) is 14.0. The Bertz CT molecular complexity index is 557. The highest BCUT2D eigenvalue weighted by Gasteiger charge is 2.39. The number of aryl methyl sites for hydroxylation is 1. The second kappa shape index (κ2) is 7.83. The van der Waals surface area contributed by atoms with Gasteiger partial charge >= 0.3 is 0 Å². The van der Waals surface area contributed by atoms with Gasteiger partial charge in [-0.15, -0.1) is 0 Å². The molecule has 0 saturated carbocycles. The summed E-state index contributed by atoms with van der Waals surface area (Å²) < 4.78 is 5.29. The molecule has 1 aromatic heterocycles. The predicted octanol–water partition coefficient (Wildman–Crippen LogP) is 1.43. The minimum Gasteiger partial charge on any atom is -0.469 e. The molecule has 0 aliphatic carbocycles. The largest absolute Gasteiger partial charge is 0.469 e. The lowest BCUT2D eigenvalue weighted by Gasteiger charge is -2.47. The fourth-order valence-corrected chi connectivity index (χ4v) is 3.95. The van der Waals surface area contributed by atoms with Gasteiger partial charge < -0.3 is 19.3 Å². The van der Waals surface area contributed by atoms with Crippen LogP contribution in [0.25, 0.3) is 0 Å². The van der Waals surface area contributed by atoms with Crippen molar-refractivity contribution in [3.8, 4) is 0 Å². The van der Waals surface area contributed by atoms with Crippen LogP contribution in [0, 0.1) is 5.92 Å². The molecule has 0 aromatic carbocycles. The number of carbonyl (C=O) groups excluding carboxylic acids is 2. The van der Waals surface area contributed by atoms with Crippen LogP contribution in [0.5, 0.6) is 0 Å². The van der Waals surface area contributed by atoms with E-state index in [-0.39, 0.29) is 24.5 Å². The molecule has 2 saturated heterocycles. The summed E-state index contributed by atoms with van der Waals surface area (Å²) in [6.45, 7) is 2.19. The first-order valence-electron chi connectivity index (χ1n) is 8.89. The maximum Gasteiger partial charge on any atom is 0.223 e. The van der Waals surface area contributed by atoms with Crippen LogP contribution in [0.15, 0.2) is 22.8 Å². The molecule has 0 bridgehead atoms. The molecule has 2 aliphatic rings. The molecule has 0 spiro atoms. The molecular formula is C18H26N2O4. The third-order valence-electron chi connectivity index (χ3n) is 5.22. The maximum absolute atomic E-state index is 12.5. The summed E-state index contributed by atoms with van der Waals surface area (Å²) in [5.41, 5.74) is 0. The monoisotopic (exact) mass is 334 g/mol. The summed E-state index contributed by atoms with van der Waals surface area (Å²) in [5, 5.41) is 9.03. The molecule has 6 heteroatoms. The molecule has 2 aliphatic heterocycles. The number of fused-ring (bicyclic) bond motifs is 1. The van der Waals surface area contributed by atoms with Crippen molar-refractivity contribution in [2.24, 2.45) is 5.92 Å². The highest BCUT2D eigenvalue weighted by atomic mass is 16.3. The number of hydrogen-bond donors (Lipinski definition) is 1. The number of hydrogen-bond acceptors (Lipinski definition) is 4. The van der Waals surface area contributed by atoms with Gasteiger partial charge in [-0.2, -0.15) is 0 Å². The van der Waals surface area contributed by atoms with E-state index in [9.17, 15) is 9.59 Å². The zero-order valence-corrected chi connectivity index (χ0v) is 14.0. The van der Waals surface area contributed by atoms with E-state index in [1.54, 1.807) is 6.26 Å².